The number of ether oxygens (including phenoxy) is 4. The predicted molar refractivity (Wildman–Crippen MR) is 68.8 cm³/mol. The molecule has 0 aromatic carbocycles. The Morgan fingerprint density at radius 1 is 0.889 bits per heavy atom. The molecule has 0 N–H and O–H groups in total. The second-order valence-electron chi connectivity index (χ2n) is 5.35. The van der Waals surface area contributed by atoms with Gasteiger partial charge in [0.2, 0.25) is 0 Å². The van der Waals surface area contributed by atoms with E-state index in [4.69, 9.17) is 18.9 Å². The third kappa shape index (κ3) is 6.14. The molecule has 0 amide bonds. The first-order valence-electron chi connectivity index (χ1n) is 7.22. The van der Waals surface area contributed by atoms with E-state index in [1.54, 1.807) is 0 Å². The highest BCUT2D eigenvalue weighted by molar-refractivity contribution is 4.69. The average molecular weight is 258 g/mol. The summed E-state index contributed by atoms with van der Waals surface area (Å²) < 4.78 is 21.9. The van der Waals surface area contributed by atoms with Crippen LogP contribution < -0.4 is 0 Å². The maximum Gasteiger partial charge on any atom is 0.0810 e. The highest BCUT2D eigenvalue weighted by Crippen LogP contribution is 2.17. The van der Waals surface area contributed by atoms with Crippen molar-refractivity contribution in [3.8, 4) is 0 Å². The molecule has 106 valence electrons. The van der Waals surface area contributed by atoms with Crippen molar-refractivity contribution < 1.29 is 18.9 Å². The summed E-state index contributed by atoms with van der Waals surface area (Å²) in [6.07, 6.45) is 5.79. The molecule has 0 aromatic rings. The van der Waals surface area contributed by atoms with E-state index in [0.29, 0.717) is 12.2 Å². The van der Waals surface area contributed by atoms with Crippen molar-refractivity contribution in [2.45, 2.75) is 63.9 Å². The van der Waals surface area contributed by atoms with Gasteiger partial charge in [-0.05, 0) is 39.5 Å². The van der Waals surface area contributed by atoms with Gasteiger partial charge in [0.05, 0.1) is 37.6 Å². The summed E-state index contributed by atoms with van der Waals surface area (Å²) in [5, 5.41) is 0. The van der Waals surface area contributed by atoms with Gasteiger partial charge in [0, 0.05) is 13.2 Å². The molecule has 2 saturated heterocycles. The zero-order valence-corrected chi connectivity index (χ0v) is 11.6. The van der Waals surface area contributed by atoms with Gasteiger partial charge >= 0.3 is 0 Å². The molecule has 0 aromatic heterocycles. The van der Waals surface area contributed by atoms with E-state index in [0.717, 1.165) is 52.1 Å². The Labute approximate surface area is 110 Å². The maximum absolute atomic E-state index is 5.77. The molecule has 0 bridgehead atoms. The molecule has 0 saturated carbocycles. The van der Waals surface area contributed by atoms with E-state index in [-0.39, 0.29) is 12.2 Å². The first kappa shape index (κ1) is 14.3. The minimum absolute atomic E-state index is 0.169. The molecular formula is C14H26O4. The van der Waals surface area contributed by atoms with Gasteiger partial charge in [-0.1, -0.05) is 0 Å². The largest absolute Gasteiger partial charge is 0.376 e. The topological polar surface area (TPSA) is 43.5 Å². The van der Waals surface area contributed by atoms with Crippen LogP contribution in [0.3, 0.4) is 0 Å². The summed E-state index contributed by atoms with van der Waals surface area (Å²) in [7, 11) is 0. The highest BCUT2D eigenvalue weighted by Gasteiger charge is 2.22. The Hall–Kier alpha value is -0.160. The van der Waals surface area contributed by atoms with Crippen LogP contribution in [0.2, 0.25) is 0 Å². The van der Waals surface area contributed by atoms with Crippen LogP contribution in [0.25, 0.3) is 0 Å². The lowest BCUT2D eigenvalue weighted by Gasteiger charge is -2.21. The second kappa shape index (κ2) is 7.43. The van der Waals surface area contributed by atoms with Crippen molar-refractivity contribution >= 4 is 0 Å². The summed E-state index contributed by atoms with van der Waals surface area (Å²) in [5.41, 5.74) is 0. The zero-order valence-electron chi connectivity index (χ0n) is 11.6. The smallest absolute Gasteiger partial charge is 0.0810 e. The van der Waals surface area contributed by atoms with E-state index < -0.39 is 0 Å². The molecule has 2 rings (SSSR count). The first-order valence-corrected chi connectivity index (χ1v) is 7.22. The van der Waals surface area contributed by atoms with Gasteiger partial charge in [-0.25, -0.2) is 0 Å². The Kier molecular flexibility index (Phi) is 5.89. The number of rotatable bonds is 11. The summed E-state index contributed by atoms with van der Waals surface area (Å²) in [5.74, 6) is 0. The third-order valence-corrected chi connectivity index (χ3v) is 3.57. The molecule has 4 nitrogen and oxygen atoms in total. The lowest BCUT2D eigenvalue weighted by molar-refractivity contribution is -0.0580. The fourth-order valence-corrected chi connectivity index (χ4v) is 1.90. The van der Waals surface area contributed by atoms with Gasteiger partial charge in [-0.2, -0.15) is 0 Å². The second-order valence-corrected chi connectivity index (χ2v) is 5.35. The SMILES string of the molecule is CC(OCCCC1CO1)C(C)OCCCC1CO1. The van der Waals surface area contributed by atoms with Crippen molar-refractivity contribution in [3.05, 3.63) is 0 Å². The standard InChI is InChI=1S/C14H26O4/c1-11(15-7-3-5-13-9-17-13)12(2)16-8-4-6-14-10-18-14/h11-14H,3-10H2,1-2H3. The molecule has 2 fully saturated rings. The predicted octanol–water partition coefficient (Wildman–Crippen LogP) is 2.15. The van der Waals surface area contributed by atoms with Crippen LogP contribution in [0.5, 0.6) is 0 Å². The molecule has 4 atom stereocenters. The Morgan fingerprint density at radius 3 is 1.61 bits per heavy atom. The maximum atomic E-state index is 5.77. The van der Waals surface area contributed by atoms with Crippen LogP contribution in [0, 0.1) is 0 Å². The normalized spacial score (nSPS) is 29.0. The van der Waals surface area contributed by atoms with Crippen LogP contribution in [0.15, 0.2) is 0 Å². The molecule has 4 unspecified atom stereocenters. The Balaban J connectivity index is 1.40. The van der Waals surface area contributed by atoms with Crippen LogP contribution in [-0.2, 0) is 18.9 Å². The molecular weight excluding hydrogens is 232 g/mol. The molecule has 2 aliphatic heterocycles. The molecule has 0 aliphatic carbocycles. The summed E-state index contributed by atoms with van der Waals surface area (Å²) >= 11 is 0. The Morgan fingerprint density at radius 2 is 1.28 bits per heavy atom. The summed E-state index contributed by atoms with van der Waals surface area (Å²) in [4.78, 5) is 0. The van der Waals surface area contributed by atoms with Crippen LogP contribution in [0.4, 0.5) is 0 Å². The lowest BCUT2D eigenvalue weighted by atomic mass is 10.2. The molecule has 4 heteroatoms. The minimum Gasteiger partial charge on any atom is -0.376 e. The van der Waals surface area contributed by atoms with Crippen LogP contribution in [-0.4, -0.2) is 50.8 Å². The number of epoxide rings is 2. The minimum atomic E-state index is 0.169. The first-order chi connectivity index (χ1) is 8.75. The lowest BCUT2D eigenvalue weighted by Crippen LogP contribution is -2.27. The van der Waals surface area contributed by atoms with Crippen LogP contribution in [0.1, 0.15) is 39.5 Å². The molecule has 0 spiro atoms. The monoisotopic (exact) mass is 258 g/mol. The van der Waals surface area contributed by atoms with Gasteiger partial charge in [0.25, 0.3) is 0 Å². The quantitative estimate of drug-likeness (QED) is 0.421. The van der Waals surface area contributed by atoms with Gasteiger partial charge in [0.15, 0.2) is 0 Å². The third-order valence-electron chi connectivity index (χ3n) is 3.57. The van der Waals surface area contributed by atoms with E-state index in [1.807, 2.05) is 0 Å². The van der Waals surface area contributed by atoms with Crippen molar-refractivity contribution in [3.63, 3.8) is 0 Å². The van der Waals surface area contributed by atoms with Crippen molar-refractivity contribution in [2.24, 2.45) is 0 Å². The van der Waals surface area contributed by atoms with E-state index >= 15 is 0 Å². The van der Waals surface area contributed by atoms with Crippen molar-refractivity contribution in [1.82, 2.24) is 0 Å². The van der Waals surface area contributed by atoms with Gasteiger partial charge in [-0.3, -0.25) is 0 Å². The van der Waals surface area contributed by atoms with Crippen molar-refractivity contribution in [1.29, 1.82) is 0 Å². The fourth-order valence-electron chi connectivity index (χ4n) is 1.90. The van der Waals surface area contributed by atoms with E-state index in [9.17, 15) is 0 Å². The summed E-state index contributed by atoms with van der Waals surface area (Å²) in [6.45, 7) is 7.68. The molecule has 2 heterocycles. The molecule has 0 radical (unpaired) electrons. The summed E-state index contributed by atoms with van der Waals surface area (Å²) in [6, 6.07) is 0. The zero-order chi connectivity index (χ0) is 12.8. The van der Waals surface area contributed by atoms with Gasteiger partial charge < -0.3 is 18.9 Å². The van der Waals surface area contributed by atoms with E-state index in [1.165, 1.54) is 0 Å². The molecule has 18 heavy (non-hydrogen) atoms. The number of hydrogen-bond acceptors (Lipinski definition) is 4. The van der Waals surface area contributed by atoms with E-state index in [2.05, 4.69) is 13.8 Å². The fraction of sp³-hybridized carbons (Fsp3) is 1.00. The van der Waals surface area contributed by atoms with Crippen molar-refractivity contribution in [2.75, 3.05) is 26.4 Å². The van der Waals surface area contributed by atoms with Gasteiger partial charge in [-0.15, -0.1) is 0 Å². The molecule has 2 aliphatic rings. The Bertz CT molecular complexity index is 202. The number of hydrogen-bond donors (Lipinski definition) is 0. The van der Waals surface area contributed by atoms with Gasteiger partial charge in [0.1, 0.15) is 0 Å². The van der Waals surface area contributed by atoms with Crippen LogP contribution >= 0.6 is 0 Å². The highest BCUT2D eigenvalue weighted by atomic mass is 16.6. The average Bonchev–Trinajstić information content (AvgIpc) is 3.24.